The van der Waals surface area contributed by atoms with Gasteiger partial charge in [-0.1, -0.05) is 5.11 Å². The van der Waals surface area contributed by atoms with Crippen LogP contribution in [0, 0.1) is 0 Å². The van der Waals surface area contributed by atoms with Crippen molar-refractivity contribution in [3.63, 3.8) is 0 Å². The summed E-state index contributed by atoms with van der Waals surface area (Å²) in [5, 5.41) is 14.4. The molecule has 1 aliphatic heterocycles. The van der Waals surface area contributed by atoms with Gasteiger partial charge in [-0.2, -0.15) is 0 Å². The summed E-state index contributed by atoms with van der Waals surface area (Å²) in [6, 6.07) is -0.480. The van der Waals surface area contributed by atoms with Gasteiger partial charge in [0.1, 0.15) is 0 Å². The summed E-state index contributed by atoms with van der Waals surface area (Å²) < 4.78 is 0. The largest absolute Gasteiger partial charge is 0.481 e. The van der Waals surface area contributed by atoms with Crippen LogP contribution in [-0.4, -0.2) is 47.7 Å². The first-order valence-corrected chi connectivity index (χ1v) is 4.92. The average molecular weight is 227 g/mol. The minimum atomic E-state index is -0.950. The van der Waals surface area contributed by atoms with Gasteiger partial charge in [-0.15, -0.1) is 0 Å². The van der Waals surface area contributed by atoms with Gasteiger partial charge in [-0.25, -0.2) is 4.79 Å². The van der Waals surface area contributed by atoms with Gasteiger partial charge in [0.05, 0.1) is 12.5 Å². The van der Waals surface area contributed by atoms with E-state index < -0.39 is 5.97 Å². The Kier molecular flexibility index (Phi) is 4.41. The number of nitrogens with zero attached hydrogens (tertiary/aromatic N) is 4. The Morgan fingerprint density at radius 2 is 2.38 bits per heavy atom. The number of aliphatic carboxylic acids is 1. The molecule has 8 heteroatoms. The fourth-order valence-corrected chi connectivity index (χ4v) is 1.48. The molecule has 1 aliphatic rings. The van der Waals surface area contributed by atoms with Crippen molar-refractivity contribution in [1.82, 2.24) is 10.2 Å². The Bertz CT molecular complexity index is 326. The number of carboxylic acids is 1. The summed E-state index contributed by atoms with van der Waals surface area (Å²) >= 11 is 0. The third-order valence-corrected chi connectivity index (χ3v) is 2.28. The lowest BCUT2D eigenvalue weighted by Crippen LogP contribution is -2.39. The summed E-state index contributed by atoms with van der Waals surface area (Å²) in [6.07, 6.45) is 0.551. The second-order valence-electron chi connectivity index (χ2n) is 3.47. The molecule has 2 amide bonds. The smallest absolute Gasteiger partial charge is 0.317 e. The topological polar surface area (TPSA) is 118 Å². The highest BCUT2D eigenvalue weighted by Crippen LogP contribution is 2.12. The molecule has 1 atom stereocenters. The third-order valence-electron chi connectivity index (χ3n) is 2.28. The van der Waals surface area contributed by atoms with Crippen LogP contribution in [0.3, 0.4) is 0 Å². The van der Waals surface area contributed by atoms with Crippen LogP contribution in [-0.2, 0) is 4.79 Å². The molecule has 1 unspecified atom stereocenters. The SMILES string of the molecule is [N-]=[N+]=NC1CCN(C(=O)NCCC(=O)O)C1. The molecule has 16 heavy (non-hydrogen) atoms. The first-order chi connectivity index (χ1) is 7.63. The highest BCUT2D eigenvalue weighted by atomic mass is 16.4. The van der Waals surface area contributed by atoms with Crippen molar-refractivity contribution in [2.75, 3.05) is 19.6 Å². The minimum absolute atomic E-state index is 0.0979. The molecule has 1 saturated heterocycles. The van der Waals surface area contributed by atoms with Gasteiger partial charge < -0.3 is 15.3 Å². The van der Waals surface area contributed by atoms with Gasteiger partial charge in [0.2, 0.25) is 0 Å². The molecule has 0 radical (unpaired) electrons. The Hall–Kier alpha value is -1.95. The molecular weight excluding hydrogens is 214 g/mol. The minimum Gasteiger partial charge on any atom is -0.481 e. The number of azide groups is 1. The van der Waals surface area contributed by atoms with E-state index in [-0.39, 0.29) is 25.0 Å². The van der Waals surface area contributed by atoms with E-state index in [0.717, 1.165) is 0 Å². The quantitative estimate of drug-likeness (QED) is 0.414. The van der Waals surface area contributed by atoms with E-state index in [0.29, 0.717) is 19.5 Å². The summed E-state index contributed by atoms with van der Waals surface area (Å²) in [6.45, 7) is 1.03. The van der Waals surface area contributed by atoms with E-state index in [4.69, 9.17) is 10.6 Å². The van der Waals surface area contributed by atoms with Gasteiger partial charge in [0.25, 0.3) is 0 Å². The Morgan fingerprint density at radius 3 is 3.00 bits per heavy atom. The predicted molar refractivity (Wildman–Crippen MR) is 54.8 cm³/mol. The predicted octanol–water partition coefficient (Wildman–Crippen LogP) is 0.555. The molecule has 0 aromatic rings. The Balaban J connectivity index is 2.28. The number of nitrogens with one attached hydrogen (secondary N) is 1. The molecule has 1 fully saturated rings. The number of likely N-dealkylation sites (tertiary alicyclic amines) is 1. The molecule has 0 aromatic heterocycles. The monoisotopic (exact) mass is 227 g/mol. The van der Waals surface area contributed by atoms with Gasteiger partial charge in [0, 0.05) is 24.5 Å². The molecule has 88 valence electrons. The van der Waals surface area contributed by atoms with Crippen LogP contribution in [0.4, 0.5) is 4.79 Å². The van der Waals surface area contributed by atoms with Crippen LogP contribution in [0.15, 0.2) is 5.11 Å². The van der Waals surface area contributed by atoms with Gasteiger partial charge >= 0.3 is 12.0 Å². The number of carboxylic acid groups (broad SMARTS) is 1. The maximum atomic E-state index is 11.5. The molecule has 8 nitrogen and oxygen atoms in total. The molecule has 2 N–H and O–H groups in total. The van der Waals surface area contributed by atoms with Crippen LogP contribution in [0.5, 0.6) is 0 Å². The van der Waals surface area contributed by atoms with Crippen molar-refractivity contribution >= 4 is 12.0 Å². The summed E-state index contributed by atoms with van der Waals surface area (Å²) in [4.78, 5) is 25.9. The van der Waals surface area contributed by atoms with E-state index in [1.807, 2.05) is 0 Å². The highest BCUT2D eigenvalue weighted by Gasteiger charge is 2.24. The van der Waals surface area contributed by atoms with E-state index in [1.54, 1.807) is 0 Å². The molecule has 0 bridgehead atoms. The lowest BCUT2D eigenvalue weighted by molar-refractivity contribution is -0.136. The lowest BCUT2D eigenvalue weighted by Gasteiger charge is -2.16. The van der Waals surface area contributed by atoms with Crippen LogP contribution in [0.1, 0.15) is 12.8 Å². The zero-order valence-corrected chi connectivity index (χ0v) is 8.67. The zero-order valence-electron chi connectivity index (χ0n) is 8.67. The Labute approximate surface area is 91.8 Å². The highest BCUT2D eigenvalue weighted by molar-refractivity contribution is 5.75. The molecule has 0 aromatic carbocycles. The van der Waals surface area contributed by atoms with Crippen LogP contribution in [0.2, 0.25) is 0 Å². The molecule has 0 spiro atoms. The van der Waals surface area contributed by atoms with Crippen LogP contribution < -0.4 is 5.32 Å². The fraction of sp³-hybridized carbons (Fsp3) is 0.750. The molecule has 1 heterocycles. The summed E-state index contributed by atoms with van der Waals surface area (Å²) in [7, 11) is 0. The maximum Gasteiger partial charge on any atom is 0.317 e. The van der Waals surface area contributed by atoms with Gasteiger partial charge in [-0.3, -0.25) is 4.79 Å². The van der Waals surface area contributed by atoms with Crippen molar-refractivity contribution in [2.45, 2.75) is 18.9 Å². The average Bonchev–Trinajstić information content (AvgIpc) is 2.66. The standard InChI is InChI=1S/C8H13N5O3/c9-12-11-6-2-4-13(5-6)8(16)10-3-1-7(14)15/h6H,1-5H2,(H,10,16)(H,14,15). The summed E-state index contributed by atoms with van der Waals surface area (Å²) in [5.74, 6) is -0.950. The lowest BCUT2D eigenvalue weighted by atomic mass is 10.3. The first kappa shape index (κ1) is 12.1. The number of amides is 2. The van der Waals surface area contributed by atoms with Gasteiger partial charge in [-0.05, 0) is 12.0 Å². The van der Waals surface area contributed by atoms with E-state index in [1.165, 1.54) is 4.90 Å². The second kappa shape index (κ2) is 5.82. The van der Waals surface area contributed by atoms with Crippen LogP contribution >= 0.6 is 0 Å². The second-order valence-corrected chi connectivity index (χ2v) is 3.47. The first-order valence-electron chi connectivity index (χ1n) is 4.92. The third kappa shape index (κ3) is 3.66. The van der Waals surface area contributed by atoms with Gasteiger partial charge in [0.15, 0.2) is 0 Å². The van der Waals surface area contributed by atoms with Crippen molar-refractivity contribution in [2.24, 2.45) is 5.11 Å². The number of rotatable bonds is 4. The molecule has 0 aliphatic carbocycles. The maximum absolute atomic E-state index is 11.5. The number of carbonyl (C=O) groups excluding carboxylic acids is 1. The Morgan fingerprint density at radius 1 is 1.62 bits per heavy atom. The van der Waals surface area contributed by atoms with Crippen LogP contribution in [0.25, 0.3) is 10.4 Å². The van der Waals surface area contributed by atoms with E-state index in [9.17, 15) is 9.59 Å². The van der Waals surface area contributed by atoms with E-state index >= 15 is 0 Å². The van der Waals surface area contributed by atoms with E-state index in [2.05, 4.69) is 15.3 Å². The van der Waals surface area contributed by atoms with Crippen molar-refractivity contribution in [1.29, 1.82) is 0 Å². The van der Waals surface area contributed by atoms with Crippen molar-refractivity contribution < 1.29 is 14.7 Å². The zero-order chi connectivity index (χ0) is 12.0. The summed E-state index contributed by atoms with van der Waals surface area (Å²) in [5.41, 5.74) is 8.23. The van der Waals surface area contributed by atoms with Crippen molar-refractivity contribution in [3.05, 3.63) is 10.4 Å². The molecule has 1 rings (SSSR count). The normalized spacial score (nSPS) is 19.0. The molecular formula is C8H13N5O3. The number of urea groups is 1. The number of hydrogen-bond acceptors (Lipinski definition) is 3. The molecule has 0 saturated carbocycles. The number of hydrogen-bond donors (Lipinski definition) is 2. The number of carbonyl (C=O) groups is 2. The fourth-order valence-electron chi connectivity index (χ4n) is 1.48. The van der Waals surface area contributed by atoms with Crippen molar-refractivity contribution in [3.8, 4) is 0 Å².